The van der Waals surface area contributed by atoms with Crippen molar-refractivity contribution in [2.45, 2.75) is 37.6 Å². The minimum atomic E-state index is -5.90. The van der Waals surface area contributed by atoms with E-state index in [-0.39, 0.29) is 26.3 Å². The molecule has 1 unspecified atom stereocenters. The summed E-state index contributed by atoms with van der Waals surface area (Å²) in [5, 5.41) is 0. The fourth-order valence-electron chi connectivity index (χ4n) is 3.40. The first kappa shape index (κ1) is 19.4. The summed E-state index contributed by atoms with van der Waals surface area (Å²) in [5.41, 5.74) is -5.49. The zero-order valence-corrected chi connectivity index (χ0v) is 15.4. The average Bonchev–Trinajstić information content (AvgIpc) is 2.77. The van der Waals surface area contributed by atoms with Crippen LogP contribution >= 0.6 is 0 Å². The Labute approximate surface area is 150 Å². The maximum absolute atomic E-state index is 13.1. The van der Waals surface area contributed by atoms with Gasteiger partial charge >= 0.3 is 15.6 Å². The minimum Gasteiger partial charge on any atom is -0.446 e. The standard InChI is InChI=1S/C16H20F3NO5S/c1-11-5-4-6-12-13(11)24-15(14(12,2)3,20-7-9-23-10-8-20)25-26(21,22)16(17,18)19/h4-6H,7-10H2,1-3H3. The summed E-state index contributed by atoms with van der Waals surface area (Å²) < 4.78 is 79.0. The smallest absolute Gasteiger partial charge is 0.446 e. The van der Waals surface area contributed by atoms with Gasteiger partial charge in [-0.3, -0.25) is 0 Å². The number of nitrogens with zero attached hydrogens (tertiary/aromatic N) is 1. The van der Waals surface area contributed by atoms with Gasteiger partial charge in [0, 0.05) is 18.7 Å². The first-order valence-corrected chi connectivity index (χ1v) is 9.47. The van der Waals surface area contributed by atoms with E-state index in [0.29, 0.717) is 16.9 Å². The third kappa shape index (κ3) is 2.79. The third-order valence-corrected chi connectivity index (χ3v) is 5.86. The number of hydrogen-bond donors (Lipinski definition) is 0. The van der Waals surface area contributed by atoms with Crippen LogP contribution in [0, 0.1) is 6.92 Å². The highest BCUT2D eigenvalue weighted by Gasteiger charge is 2.65. The van der Waals surface area contributed by atoms with E-state index in [2.05, 4.69) is 0 Å². The molecule has 0 N–H and O–H groups in total. The van der Waals surface area contributed by atoms with Crippen LogP contribution in [0.15, 0.2) is 18.2 Å². The van der Waals surface area contributed by atoms with Crippen molar-refractivity contribution in [1.82, 2.24) is 4.90 Å². The number of morpholine rings is 1. The number of para-hydroxylation sites is 1. The third-order valence-electron chi connectivity index (χ3n) is 4.85. The van der Waals surface area contributed by atoms with E-state index >= 15 is 0 Å². The molecule has 1 atom stereocenters. The predicted molar refractivity (Wildman–Crippen MR) is 86.0 cm³/mol. The molecule has 0 saturated carbocycles. The SMILES string of the molecule is Cc1cccc2c1OC(OS(=O)(=O)C(F)(F)F)(N1CCOCC1)C2(C)C. The maximum atomic E-state index is 13.1. The van der Waals surface area contributed by atoms with Gasteiger partial charge in [-0.05, 0) is 26.3 Å². The lowest BCUT2D eigenvalue weighted by Gasteiger charge is -2.47. The highest BCUT2D eigenvalue weighted by Crippen LogP contribution is 2.53. The molecule has 10 heteroatoms. The number of rotatable bonds is 3. The molecule has 2 aliphatic heterocycles. The first-order valence-electron chi connectivity index (χ1n) is 8.06. The van der Waals surface area contributed by atoms with Crippen molar-refractivity contribution in [1.29, 1.82) is 0 Å². The van der Waals surface area contributed by atoms with Crippen molar-refractivity contribution >= 4 is 10.1 Å². The average molecular weight is 395 g/mol. The van der Waals surface area contributed by atoms with Crippen molar-refractivity contribution in [3.8, 4) is 5.75 Å². The Balaban J connectivity index is 2.16. The van der Waals surface area contributed by atoms with Gasteiger partial charge in [-0.25, -0.2) is 9.08 Å². The Hall–Kier alpha value is -1.36. The molecule has 1 aromatic carbocycles. The van der Waals surface area contributed by atoms with E-state index in [9.17, 15) is 21.6 Å². The normalized spacial score (nSPS) is 26.4. The van der Waals surface area contributed by atoms with Crippen LogP contribution in [0.2, 0.25) is 0 Å². The lowest BCUT2D eigenvalue weighted by atomic mass is 9.81. The number of alkyl halides is 3. The quantitative estimate of drug-likeness (QED) is 0.579. The molecule has 1 aromatic rings. The highest BCUT2D eigenvalue weighted by atomic mass is 32.2. The van der Waals surface area contributed by atoms with Crippen LogP contribution < -0.4 is 4.74 Å². The van der Waals surface area contributed by atoms with E-state index in [1.54, 1.807) is 39.0 Å². The molecule has 6 nitrogen and oxygen atoms in total. The molecule has 1 fully saturated rings. The van der Waals surface area contributed by atoms with Gasteiger partial charge in [0.05, 0.1) is 18.6 Å². The van der Waals surface area contributed by atoms with Crippen molar-refractivity contribution in [3.63, 3.8) is 0 Å². The molecule has 0 bridgehead atoms. The van der Waals surface area contributed by atoms with Gasteiger partial charge in [0.2, 0.25) is 0 Å². The first-order chi connectivity index (χ1) is 11.9. The van der Waals surface area contributed by atoms with Gasteiger partial charge in [-0.15, -0.1) is 0 Å². The Kier molecular flexibility index (Phi) is 4.54. The topological polar surface area (TPSA) is 65.1 Å². The van der Waals surface area contributed by atoms with Crippen LogP contribution in [0.1, 0.15) is 25.0 Å². The van der Waals surface area contributed by atoms with E-state index in [4.69, 9.17) is 13.7 Å². The fraction of sp³-hybridized carbons (Fsp3) is 0.625. The van der Waals surface area contributed by atoms with E-state index in [1.807, 2.05) is 0 Å². The summed E-state index contributed by atoms with van der Waals surface area (Å²) in [6, 6.07) is 5.18. The largest absolute Gasteiger partial charge is 0.523 e. The lowest BCUT2D eigenvalue weighted by molar-refractivity contribution is -0.263. The van der Waals surface area contributed by atoms with Crippen LogP contribution in [0.4, 0.5) is 13.2 Å². The second kappa shape index (κ2) is 6.08. The van der Waals surface area contributed by atoms with E-state index in [0.717, 1.165) is 0 Å². The highest BCUT2D eigenvalue weighted by molar-refractivity contribution is 7.87. The molecule has 2 aliphatic rings. The molecular formula is C16H20F3NO5S. The Morgan fingerprint density at radius 1 is 1.19 bits per heavy atom. The minimum absolute atomic E-state index is 0.170. The molecule has 0 spiro atoms. The molecule has 0 aliphatic carbocycles. The summed E-state index contributed by atoms with van der Waals surface area (Å²) >= 11 is 0. The molecule has 0 radical (unpaired) electrons. The number of aryl methyl sites for hydroxylation is 1. The monoisotopic (exact) mass is 395 g/mol. The molecule has 3 rings (SSSR count). The molecule has 26 heavy (non-hydrogen) atoms. The van der Waals surface area contributed by atoms with Crippen molar-refractivity contribution in [3.05, 3.63) is 29.3 Å². The van der Waals surface area contributed by atoms with Gasteiger partial charge < -0.3 is 9.47 Å². The summed E-state index contributed by atoms with van der Waals surface area (Å²) in [7, 11) is -5.90. The molecule has 146 valence electrons. The number of ether oxygens (including phenoxy) is 2. The Morgan fingerprint density at radius 3 is 2.35 bits per heavy atom. The lowest BCUT2D eigenvalue weighted by Crippen LogP contribution is -2.66. The van der Waals surface area contributed by atoms with Crippen LogP contribution in [0.5, 0.6) is 5.75 Å². The second-order valence-corrected chi connectivity index (χ2v) is 8.38. The van der Waals surface area contributed by atoms with Gasteiger partial charge in [0.1, 0.15) is 5.75 Å². The van der Waals surface area contributed by atoms with Gasteiger partial charge in [-0.2, -0.15) is 21.6 Å². The molecular weight excluding hydrogens is 375 g/mol. The molecule has 0 aromatic heterocycles. The van der Waals surface area contributed by atoms with Crippen molar-refractivity contribution < 1.29 is 35.2 Å². The number of halogens is 3. The van der Waals surface area contributed by atoms with Crippen LogP contribution in [0.3, 0.4) is 0 Å². The summed E-state index contributed by atoms with van der Waals surface area (Å²) in [6.45, 7) is 5.76. The zero-order chi connectivity index (χ0) is 19.4. The number of fused-ring (bicyclic) bond motifs is 1. The molecule has 1 saturated heterocycles. The summed E-state index contributed by atoms with van der Waals surface area (Å²) in [4.78, 5) is 1.46. The molecule has 0 amide bonds. The van der Waals surface area contributed by atoms with Crippen LogP contribution in [-0.2, 0) is 24.5 Å². The molecule has 2 heterocycles. The van der Waals surface area contributed by atoms with E-state index < -0.39 is 27.0 Å². The van der Waals surface area contributed by atoms with Gasteiger partial charge in [0.25, 0.3) is 5.91 Å². The van der Waals surface area contributed by atoms with Gasteiger partial charge in [-0.1, -0.05) is 18.2 Å². The Bertz CT molecular complexity index is 803. The zero-order valence-electron chi connectivity index (χ0n) is 14.6. The summed E-state index contributed by atoms with van der Waals surface area (Å²) in [6.07, 6.45) is 0. The van der Waals surface area contributed by atoms with E-state index in [1.165, 1.54) is 4.90 Å². The number of benzene rings is 1. The van der Waals surface area contributed by atoms with Crippen molar-refractivity contribution in [2.75, 3.05) is 26.3 Å². The van der Waals surface area contributed by atoms with Crippen LogP contribution in [-0.4, -0.2) is 51.0 Å². The predicted octanol–water partition coefficient (Wildman–Crippen LogP) is 2.52. The second-order valence-electron chi connectivity index (χ2n) is 6.84. The van der Waals surface area contributed by atoms with Gasteiger partial charge in [0.15, 0.2) is 0 Å². The maximum Gasteiger partial charge on any atom is 0.523 e. The number of hydrogen-bond acceptors (Lipinski definition) is 6. The summed E-state index contributed by atoms with van der Waals surface area (Å²) in [5.74, 6) is -1.82. The van der Waals surface area contributed by atoms with Crippen LogP contribution in [0.25, 0.3) is 0 Å². The van der Waals surface area contributed by atoms with Crippen molar-refractivity contribution in [2.24, 2.45) is 0 Å². The fourth-order valence-corrected chi connectivity index (χ4v) is 4.14. The Morgan fingerprint density at radius 2 is 1.81 bits per heavy atom.